The molecule has 1 saturated heterocycles. The Balaban J connectivity index is 1.71. The number of aromatic nitrogens is 2. The summed E-state index contributed by atoms with van der Waals surface area (Å²) in [7, 11) is 1.59. The smallest absolute Gasteiger partial charge is 0.275 e. The summed E-state index contributed by atoms with van der Waals surface area (Å²) in [6, 6.07) is 11.9. The summed E-state index contributed by atoms with van der Waals surface area (Å²) in [4.78, 5) is 15.1. The molecule has 0 aliphatic carbocycles. The minimum atomic E-state index is -0.282. The maximum absolute atomic E-state index is 13.7. The zero-order valence-corrected chi connectivity index (χ0v) is 14.5. The van der Waals surface area contributed by atoms with Crippen molar-refractivity contribution in [2.45, 2.75) is 25.3 Å². The van der Waals surface area contributed by atoms with E-state index in [0.29, 0.717) is 18.0 Å². The van der Waals surface area contributed by atoms with Crippen molar-refractivity contribution in [2.24, 2.45) is 0 Å². The van der Waals surface area contributed by atoms with Crippen molar-refractivity contribution in [3.05, 3.63) is 59.5 Å². The van der Waals surface area contributed by atoms with Crippen LogP contribution < -0.4 is 4.74 Å². The molecule has 3 aromatic rings. The number of hydrogen-bond donors (Lipinski definition) is 1. The Kier molecular flexibility index (Phi) is 4.32. The van der Waals surface area contributed by atoms with Crippen molar-refractivity contribution in [1.82, 2.24) is 15.1 Å². The maximum Gasteiger partial charge on any atom is 0.275 e. The fourth-order valence-corrected chi connectivity index (χ4v) is 3.65. The number of nitrogens with one attached hydrogen (secondary N) is 1. The number of nitrogens with zero attached hydrogens (tertiary/aromatic N) is 2. The van der Waals surface area contributed by atoms with E-state index in [9.17, 15) is 9.18 Å². The van der Waals surface area contributed by atoms with E-state index < -0.39 is 0 Å². The first kappa shape index (κ1) is 16.6. The van der Waals surface area contributed by atoms with Gasteiger partial charge in [0.25, 0.3) is 5.91 Å². The SMILES string of the molecule is COc1ccc2[nH]nc(C(=O)N3CCCCC3c3cccc(F)c3)c2c1. The van der Waals surface area contributed by atoms with Gasteiger partial charge in [-0.1, -0.05) is 12.1 Å². The van der Waals surface area contributed by atoms with Gasteiger partial charge in [0, 0.05) is 11.9 Å². The van der Waals surface area contributed by atoms with E-state index in [-0.39, 0.29) is 17.8 Å². The van der Waals surface area contributed by atoms with E-state index in [0.717, 1.165) is 35.7 Å². The molecule has 4 rings (SSSR count). The highest BCUT2D eigenvalue weighted by molar-refractivity contribution is 6.05. The first-order chi connectivity index (χ1) is 12.7. The zero-order chi connectivity index (χ0) is 18.1. The summed E-state index contributed by atoms with van der Waals surface area (Å²) < 4.78 is 18.9. The molecular formula is C20H20FN3O2. The fraction of sp³-hybridized carbons (Fsp3) is 0.300. The van der Waals surface area contributed by atoms with Gasteiger partial charge >= 0.3 is 0 Å². The van der Waals surface area contributed by atoms with Crippen LogP contribution in [0.3, 0.4) is 0 Å². The molecule has 6 heteroatoms. The second-order valence-corrected chi connectivity index (χ2v) is 6.55. The Morgan fingerprint density at radius 1 is 1.27 bits per heavy atom. The quantitative estimate of drug-likeness (QED) is 0.772. The number of rotatable bonds is 3. The van der Waals surface area contributed by atoms with Gasteiger partial charge in [-0.25, -0.2) is 4.39 Å². The molecule has 1 fully saturated rings. The van der Waals surface area contributed by atoms with Gasteiger partial charge in [-0.2, -0.15) is 5.10 Å². The minimum absolute atomic E-state index is 0.135. The lowest BCUT2D eigenvalue weighted by molar-refractivity contribution is 0.0607. The molecule has 1 N–H and O–H groups in total. The number of carbonyl (C=O) groups excluding carboxylic acids is 1. The molecule has 0 spiro atoms. The Morgan fingerprint density at radius 2 is 2.15 bits per heavy atom. The number of benzene rings is 2. The van der Waals surface area contributed by atoms with E-state index in [1.54, 1.807) is 13.2 Å². The van der Waals surface area contributed by atoms with Crippen LogP contribution in [-0.4, -0.2) is 34.7 Å². The molecular weight excluding hydrogens is 333 g/mol. The lowest BCUT2D eigenvalue weighted by Crippen LogP contribution is -2.38. The molecule has 1 atom stereocenters. The maximum atomic E-state index is 13.7. The predicted molar refractivity (Wildman–Crippen MR) is 96.7 cm³/mol. The molecule has 1 amide bonds. The van der Waals surface area contributed by atoms with Crippen molar-refractivity contribution in [1.29, 1.82) is 0 Å². The van der Waals surface area contributed by atoms with Crippen molar-refractivity contribution in [3.8, 4) is 5.75 Å². The molecule has 1 unspecified atom stereocenters. The molecule has 134 valence electrons. The van der Waals surface area contributed by atoms with Crippen molar-refractivity contribution < 1.29 is 13.9 Å². The van der Waals surface area contributed by atoms with Crippen LogP contribution in [0.25, 0.3) is 10.9 Å². The van der Waals surface area contributed by atoms with Gasteiger partial charge in [-0.3, -0.25) is 9.89 Å². The highest BCUT2D eigenvalue weighted by atomic mass is 19.1. The Morgan fingerprint density at radius 3 is 2.96 bits per heavy atom. The van der Waals surface area contributed by atoms with Gasteiger partial charge in [0.2, 0.25) is 0 Å². The summed E-state index contributed by atoms with van der Waals surface area (Å²) in [6.45, 7) is 0.637. The zero-order valence-electron chi connectivity index (χ0n) is 14.5. The number of ether oxygens (including phenoxy) is 1. The molecule has 5 nitrogen and oxygen atoms in total. The van der Waals surface area contributed by atoms with Gasteiger partial charge in [-0.15, -0.1) is 0 Å². The number of aromatic amines is 1. The van der Waals surface area contributed by atoms with E-state index in [1.165, 1.54) is 12.1 Å². The predicted octanol–water partition coefficient (Wildman–Crippen LogP) is 4.08. The topological polar surface area (TPSA) is 58.2 Å². The second-order valence-electron chi connectivity index (χ2n) is 6.55. The number of amides is 1. The number of hydrogen-bond acceptors (Lipinski definition) is 3. The van der Waals surface area contributed by atoms with E-state index in [4.69, 9.17) is 4.74 Å². The Labute approximate surface area is 150 Å². The highest BCUT2D eigenvalue weighted by Gasteiger charge is 2.31. The van der Waals surface area contributed by atoms with Crippen LogP contribution in [0, 0.1) is 5.82 Å². The first-order valence-electron chi connectivity index (χ1n) is 8.76. The van der Waals surface area contributed by atoms with Crippen molar-refractivity contribution >= 4 is 16.8 Å². The van der Waals surface area contributed by atoms with Crippen LogP contribution in [-0.2, 0) is 0 Å². The standard InChI is InChI=1S/C20H20FN3O2/c1-26-15-8-9-17-16(12-15)19(23-22-17)20(25)24-10-3-2-7-18(24)13-5-4-6-14(21)11-13/h4-6,8-9,11-12,18H,2-3,7,10H2,1H3,(H,22,23). The lowest BCUT2D eigenvalue weighted by Gasteiger charge is -2.35. The van der Waals surface area contributed by atoms with Crippen molar-refractivity contribution in [3.63, 3.8) is 0 Å². The van der Waals surface area contributed by atoms with Gasteiger partial charge in [-0.05, 0) is 55.2 Å². The van der Waals surface area contributed by atoms with Gasteiger partial charge < -0.3 is 9.64 Å². The van der Waals surface area contributed by atoms with Crippen LogP contribution in [0.5, 0.6) is 5.75 Å². The molecule has 1 aromatic heterocycles. The van der Waals surface area contributed by atoms with Crippen LogP contribution in [0.4, 0.5) is 4.39 Å². The molecule has 0 radical (unpaired) electrons. The molecule has 1 aliphatic rings. The average molecular weight is 353 g/mol. The largest absolute Gasteiger partial charge is 0.497 e. The third-order valence-corrected chi connectivity index (χ3v) is 4.97. The molecule has 1 aliphatic heterocycles. The number of likely N-dealkylation sites (tertiary alicyclic amines) is 1. The second kappa shape index (κ2) is 6.78. The van der Waals surface area contributed by atoms with Crippen LogP contribution in [0.1, 0.15) is 41.4 Å². The molecule has 2 heterocycles. The van der Waals surface area contributed by atoms with Gasteiger partial charge in [0.15, 0.2) is 5.69 Å². The first-order valence-corrected chi connectivity index (χ1v) is 8.76. The molecule has 0 bridgehead atoms. The van der Waals surface area contributed by atoms with Gasteiger partial charge in [0.1, 0.15) is 11.6 Å². The van der Waals surface area contributed by atoms with Crippen LogP contribution in [0.15, 0.2) is 42.5 Å². The Bertz CT molecular complexity index is 953. The fourth-order valence-electron chi connectivity index (χ4n) is 3.65. The summed E-state index contributed by atoms with van der Waals surface area (Å²) in [5.74, 6) is 0.252. The molecule has 2 aromatic carbocycles. The van der Waals surface area contributed by atoms with Gasteiger partial charge in [0.05, 0.1) is 18.7 Å². The highest BCUT2D eigenvalue weighted by Crippen LogP contribution is 2.33. The summed E-state index contributed by atoms with van der Waals surface area (Å²) >= 11 is 0. The Hall–Kier alpha value is -2.89. The van der Waals surface area contributed by atoms with E-state index >= 15 is 0 Å². The monoisotopic (exact) mass is 353 g/mol. The van der Waals surface area contributed by atoms with Crippen LogP contribution >= 0.6 is 0 Å². The normalized spacial score (nSPS) is 17.5. The third-order valence-electron chi connectivity index (χ3n) is 4.97. The summed E-state index contributed by atoms with van der Waals surface area (Å²) in [6.07, 6.45) is 2.77. The van der Waals surface area contributed by atoms with Crippen molar-refractivity contribution in [2.75, 3.05) is 13.7 Å². The minimum Gasteiger partial charge on any atom is -0.497 e. The summed E-state index contributed by atoms with van der Waals surface area (Å²) in [5, 5.41) is 7.89. The summed E-state index contributed by atoms with van der Waals surface area (Å²) in [5.41, 5.74) is 1.99. The molecule has 26 heavy (non-hydrogen) atoms. The van der Waals surface area contributed by atoms with E-state index in [1.807, 2.05) is 29.2 Å². The number of halogens is 1. The lowest BCUT2D eigenvalue weighted by atomic mass is 9.94. The number of methoxy groups -OCH3 is 1. The average Bonchev–Trinajstić information content (AvgIpc) is 3.10. The number of fused-ring (bicyclic) bond motifs is 1. The van der Waals surface area contributed by atoms with E-state index in [2.05, 4.69) is 10.2 Å². The number of carbonyl (C=O) groups is 1. The molecule has 0 saturated carbocycles. The van der Waals surface area contributed by atoms with Crippen LogP contribution in [0.2, 0.25) is 0 Å². The number of H-pyrrole nitrogens is 1. The third kappa shape index (κ3) is 2.92. The number of piperidine rings is 1.